The zero-order valence-electron chi connectivity index (χ0n) is 11.2. The second-order valence-electron chi connectivity index (χ2n) is 4.93. The van der Waals surface area contributed by atoms with Crippen molar-refractivity contribution in [1.29, 1.82) is 0 Å². The molecule has 1 aromatic carbocycles. The molecule has 2 rings (SSSR count). The van der Waals surface area contributed by atoms with Crippen LogP contribution in [0.25, 0.3) is 0 Å². The molecule has 2 N–H and O–H groups in total. The highest BCUT2D eigenvalue weighted by atomic mass is 16.6. The maximum atomic E-state index is 12.4. The summed E-state index contributed by atoms with van der Waals surface area (Å²) in [5, 5.41) is 29.8. The number of carbonyl (C=O) groups excluding carboxylic acids is 1. The summed E-state index contributed by atoms with van der Waals surface area (Å²) in [7, 11) is 0. The predicted molar refractivity (Wildman–Crippen MR) is 70.9 cm³/mol. The van der Waals surface area contributed by atoms with Crippen LogP contribution in [0.15, 0.2) is 18.2 Å². The third-order valence-corrected chi connectivity index (χ3v) is 3.48. The van der Waals surface area contributed by atoms with Crippen molar-refractivity contribution in [1.82, 2.24) is 4.90 Å². The topological polar surface area (TPSA) is 121 Å². The molecule has 8 nitrogen and oxygen atoms in total. The molecule has 1 saturated heterocycles. The number of nitro benzene ring substituents is 1. The van der Waals surface area contributed by atoms with E-state index in [2.05, 4.69) is 0 Å². The number of amides is 1. The smallest absolute Gasteiger partial charge is 0.326 e. The second kappa shape index (κ2) is 5.49. The summed E-state index contributed by atoms with van der Waals surface area (Å²) >= 11 is 0. The standard InChI is InChI=1S/C13H14N2O6/c1-7-3-2-4-9(11(7)15(20)21)12(17)14-6-8(16)5-10(14)13(18)19/h2-4,8,10,16H,5-6H2,1H3,(H,18,19)/t8?,10-/m0/s1. The molecule has 1 heterocycles. The Bertz CT molecular complexity index is 615. The molecule has 0 radical (unpaired) electrons. The molecular formula is C13H14N2O6. The molecule has 1 amide bonds. The van der Waals surface area contributed by atoms with Crippen LogP contribution in [0, 0.1) is 17.0 Å². The van der Waals surface area contributed by atoms with Gasteiger partial charge in [-0.2, -0.15) is 0 Å². The summed E-state index contributed by atoms with van der Waals surface area (Å²) in [4.78, 5) is 35.0. The van der Waals surface area contributed by atoms with Gasteiger partial charge in [0.15, 0.2) is 0 Å². The van der Waals surface area contributed by atoms with Crippen LogP contribution in [-0.4, -0.2) is 50.6 Å². The first-order chi connectivity index (χ1) is 9.82. The molecule has 0 aromatic heterocycles. The number of carboxylic acids is 1. The molecule has 1 fully saturated rings. The second-order valence-corrected chi connectivity index (χ2v) is 4.93. The van der Waals surface area contributed by atoms with Crippen molar-refractivity contribution in [3.63, 3.8) is 0 Å². The van der Waals surface area contributed by atoms with Crippen molar-refractivity contribution in [2.45, 2.75) is 25.5 Å². The largest absolute Gasteiger partial charge is 0.480 e. The molecular weight excluding hydrogens is 280 g/mol. The summed E-state index contributed by atoms with van der Waals surface area (Å²) in [5.41, 5.74) is -0.189. The number of aryl methyl sites for hydroxylation is 1. The minimum Gasteiger partial charge on any atom is -0.480 e. The van der Waals surface area contributed by atoms with E-state index in [1.54, 1.807) is 0 Å². The number of carboxylic acid groups (broad SMARTS) is 1. The number of nitrogens with zero attached hydrogens (tertiary/aromatic N) is 2. The number of para-hydroxylation sites is 1. The van der Waals surface area contributed by atoms with Crippen molar-refractivity contribution >= 4 is 17.6 Å². The third-order valence-electron chi connectivity index (χ3n) is 3.48. The Kier molecular flexibility index (Phi) is 3.90. The molecule has 0 aliphatic carbocycles. The third kappa shape index (κ3) is 2.70. The minimum atomic E-state index is -1.24. The van der Waals surface area contributed by atoms with Crippen LogP contribution >= 0.6 is 0 Å². The molecule has 1 unspecified atom stereocenters. The van der Waals surface area contributed by atoms with Gasteiger partial charge in [0.05, 0.1) is 11.0 Å². The van der Waals surface area contributed by atoms with Gasteiger partial charge in [0.2, 0.25) is 0 Å². The van der Waals surface area contributed by atoms with Crippen LogP contribution in [0.1, 0.15) is 22.3 Å². The fourth-order valence-electron chi connectivity index (χ4n) is 2.50. The normalized spacial score (nSPS) is 21.3. The van der Waals surface area contributed by atoms with Gasteiger partial charge < -0.3 is 15.1 Å². The van der Waals surface area contributed by atoms with Crippen LogP contribution in [0.4, 0.5) is 5.69 Å². The van der Waals surface area contributed by atoms with Gasteiger partial charge in [-0.3, -0.25) is 14.9 Å². The number of benzene rings is 1. The number of aliphatic carboxylic acids is 1. The van der Waals surface area contributed by atoms with Crippen LogP contribution in [0.3, 0.4) is 0 Å². The molecule has 112 valence electrons. The number of aliphatic hydroxyl groups is 1. The van der Waals surface area contributed by atoms with Gasteiger partial charge in [0.25, 0.3) is 11.6 Å². The fraction of sp³-hybridized carbons (Fsp3) is 0.385. The van der Waals surface area contributed by atoms with E-state index in [0.29, 0.717) is 5.56 Å². The number of nitro groups is 1. The van der Waals surface area contributed by atoms with Gasteiger partial charge in [-0.15, -0.1) is 0 Å². The lowest BCUT2D eigenvalue weighted by atomic mass is 10.1. The van der Waals surface area contributed by atoms with Gasteiger partial charge in [-0.05, 0) is 13.0 Å². The summed E-state index contributed by atoms with van der Waals surface area (Å²) in [6.07, 6.45) is -1.03. The summed E-state index contributed by atoms with van der Waals surface area (Å²) in [5.74, 6) is -2.00. The van der Waals surface area contributed by atoms with E-state index < -0.39 is 28.9 Å². The summed E-state index contributed by atoms with van der Waals surface area (Å²) in [6, 6.07) is 3.12. The lowest BCUT2D eigenvalue weighted by Crippen LogP contribution is -2.40. The first-order valence-corrected chi connectivity index (χ1v) is 6.28. The number of aliphatic hydroxyl groups excluding tert-OH is 1. The Morgan fingerprint density at radius 2 is 2.10 bits per heavy atom. The first-order valence-electron chi connectivity index (χ1n) is 6.28. The van der Waals surface area contributed by atoms with E-state index in [9.17, 15) is 24.8 Å². The van der Waals surface area contributed by atoms with Gasteiger partial charge in [-0.25, -0.2) is 4.79 Å². The van der Waals surface area contributed by atoms with Gasteiger partial charge in [0.1, 0.15) is 11.6 Å². The van der Waals surface area contributed by atoms with Crippen LogP contribution in [-0.2, 0) is 4.79 Å². The van der Waals surface area contributed by atoms with Crippen molar-refractivity contribution in [2.24, 2.45) is 0 Å². The van der Waals surface area contributed by atoms with Crippen LogP contribution < -0.4 is 0 Å². The van der Waals surface area contributed by atoms with E-state index in [4.69, 9.17) is 5.11 Å². The fourth-order valence-corrected chi connectivity index (χ4v) is 2.50. The molecule has 1 aliphatic heterocycles. The number of hydrogen-bond donors (Lipinski definition) is 2. The van der Waals surface area contributed by atoms with Crippen LogP contribution in [0.5, 0.6) is 0 Å². The Morgan fingerprint density at radius 1 is 1.43 bits per heavy atom. The van der Waals surface area contributed by atoms with Crippen molar-refractivity contribution < 1.29 is 24.7 Å². The van der Waals surface area contributed by atoms with E-state index in [0.717, 1.165) is 4.90 Å². The summed E-state index contributed by atoms with van der Waals surface area (Å²) in [6.45, 7) is 1.35. The van der Waals surface area contributed by atoms with E-state index in [1.807, 2.05) is 0 Å². The number of β-amino-alcohol motifs (C(OH)–C–C–N with tert-alkyl or cyclic N) is 1. The van der Waals surface area contributed by atoms with Crippen molar-refractivity contribution in [3.8, 4) is 0 Å². The molecule has 2 atom stereocenters. The number of rotatable bonds is 3. The highest BCUT2D eigenvalue weighted by molar-refractivity contribution is 6.00. The van der Waals surface area contributed by atoms with E-state index in [1.165, 1.54) is 25.1 Å². The number of hydrogen-bond acceptors (Lipinski definition) is 5. The molecule has 1 aromatic rings. The molecule has 0 saturated carbocycles. The highest BCUT2D eigenvalue weighted by Crippen LogP contribution is 2.27. The van der Waals surface area contributed by atoms with Gasteiger partial charge in [-0.1, -0.05) is 12.1 Å². The summed E-state index contributed by atoms with van der Waals surface area (Å²) < 4.78 is 0. The maximum absolute atomic E-state index is 12.4. The van der Waals surface area contributed by atoms with Crippen molar-refractivity contribution in [2.75, 3.05) is 6.54 Å². The predicted octanol–water partition coefficient (Wildman–Crippen LogP) is 0.563. The number of carbonyl (C=O) groups is 2. The van der Waals surface area contributed by atoms with Gasteiger partial charge in [0, 0.05) is 18.5 Å². The lowest BCUT2D eigenvalue weighted by Gasteiger charge is -2.21. The zero-order valence-corrected chi connectivity index (χ0v) is 11.2. The molecule has 1 aliphatic rings. The van der Waals surface area contributed by atoms with E-state index in [-0.39, 0.29) is 24.2 Å². The van der Waals surface area contributed by atoms with E-state index >= 15 is 0 Å². The minimum absolute atomic E-state index is 0.0827. The SMILES string of the molecule is Cc1cccc(C(=O)N2CC(O)C[C@H]2C(=O)O)c1[N+](=O)[O-]. The quantitative estimate of drug-likeness (QED) is 0.620. The average molecular weight is 294 g/mol. The Morgan fingerprint density at radius 3 is 2.67 bits per heavy atom. The Balaban J connectivity index is 2.43. The highest BCUT2D eigenvalue weighted by Gasteiger charge is 2.41. The van der Waals surface area contributed by atoms with Crippen LogP contribution in [0.2, 0.25) is 0 Å². The zero-order chi connectivity index (χ0) is 15.7. The average Bonchev–Trinajstić information content (AvgIpc) is 2.79. The van der Waals surface area contributed by atoms with Gasteiger partial charge >= 0.3 is 5.97 Å². The molecule has 8 heteroatoms. The Labute approximate surface area is 119 Å². The molecule has 21 heavy (non-hydrogen) atoms. The molecule has 0 bridgehead atoms. The first kappa shape index (κ1) is 14.9. The Hall–Kier alpha value is -2.48. The van der Waals surface area contributed by atoms with Crippen molar-refractivity contribution in [3.05, 3.63) is 39.4 Å². The number of likely N-dealkylation sites (tertiary alicyclic amines) is 1. The monoisotopic (exact) mass is 294 g/mol. The maximum Gasteiger partial charge on any atom is 0.326 e. The lowest BCUT2D eigenvalue weighted by molar-refractivity contribution is -0.385. The molecule has 0 spiro atoms.